The summed E-state index contributed by atoms with van der Waals surface area (Å²) in [6.45, 7) is 7.39. The van der Waals surface area contributed by atoms with Crippen molar-refractivity contribution >= 4 is 11.0 Å². The molecule has 1 atom stereocenters. The van der Waals surface area contributed by atoms with E-state index in [-0.39, 0.29) is 18.1 Å². The van der Waals surface area contributed by atoms with Crippen LogP contribution in [0.15, 0.2) is 24.3 Å². The van der Waals surface area contributed by atoms with E-state index in [2.05, 4.69) is 36.1 Å². The van der Waals surface area contributed by atoms with E-state index in [9.17, 15) is 5.11 Å². The van der Waals surface area contributed by atoms with E-state index in [1.165, 1.54) is 0 Å². The van der Waals surface area contributed by atoms with Crippen molar-refractivity contribution in [1.82, 2.24) is 15.3 Å². The number of fused-ring (bicyclic) bond motifs is 1. The van der Waals surface area contributed by atoms with Gasteiger partial charge in [-0.3, -0.25) is 0 Å². The van der Waals surface area contributed by atoms with Gasteiger partial charge in [-0.05, 0) is 31.9 Å². The summed E-state index contributed by atoms with van der Waals surface area (Å²) in [6, 6.07) is 8.20. The maximum Gasteiger partial charge on any atom is 0.124 e. The van der Waals surface area contributed by atoms with Gasteiger partial charge < -0.3 is 15.4 Å². The summed E-state index contributed by atoms with van der Waals surface area (Å²) in [4.78, 5) is 7.96. The molecule has 0 spiro atoms. The fourth-order valence-corrected chi connectivity index (χ4v) is 2.42. The second-order valence-corrected chi connectivity index (χ2v) is 5.61. The number of nitrogens with zero attached hydrogens (tertiary/aromatic N) is 1. The fourth-order valence-electron chi connectivity index (χ4n) is 2.42. The Labute approximate surface area is 120 Å². The van der Waals surface area contributed by atoms with Gasteiger partial charge in [-0.25, -0.2) is 4.98 Å². The van der Waals surface area contributed by atoms with E-state index < -0.39 is 0 Å². The lowest BCUT2D eigenvalue weighted by Crippen LogP contribution is -2.37. The standard InChI is InChI=1S/C16H25N3O/c1-4-16(5-2,11-20)10-17-12(3)15-18-13-8-6-7-9-14(13)19-15/h6-9,12,17,20H,4-5,10-11H2,1-3H3,(H,18,19). The minimum Gasteiger partial charge on any atom is -0.396 e. The van der Waals surface area contributed by atoms with Crippen LogP contribution in [0.1, 0.15) is 45.5 Å². The van der Waals surface area contributed by atoms with Crippen molar-refractivity contribution in [3.8, 4) is 0 Å². The first-order chi connectivity index (χ1) is 9.64. The van der Waals surface area contributed by atoms with Gasteiger partial charge in [0.15, 0.2) is 0 Å². The monoisotopic (exact) mass is 275 g/mol. The highest BCUT2D eigenvalue weighted by Crippen LogP contribution is 2.25. The van der Waals surface area contributed by atoms with Crippen LogP contribution in [0, 0.1) is 5.41 Å². The van der Waals surface area contributed by atoms with Gasteiger partial charge in [-0.2, -0.15) is 0 Å². The molecule has 1 aromatic carbocycles. The number of aromatic amines is 1. The molecule has 2 rings (SSSR count). The lowest BCUT2D eigenvalue weighted by molar-refractivity contribution is 0.110. The van der Waals surface area contributed by atoms with Gasteiger partial charge in [0.25, 0.3) is 0 Å². The smallest absolute Gasteiger partial charge is 0.124 e. The van der Waals surface area contributed by atoms with Crippen LogP contribution >= 0.6 is 0 Å². The topological polar surface area (TPSA) is 60.9 Å². The van der Waals surface area contributed by atoms with Gasteiger partial charge in [-0.15, -0.1) is 0 Å². The number of H-pyrrole nitrogens is 1. The normalized spacial score (nSPS) is 13.8. The van der Waals surface area contributed by atoms with Crippen LogP contribution in [0.5, 0.6) is 0 Å². The molecule has 110 valence electrons. The molecule has 0 saturated carbocycles. The highest BCUT2D eigenvalue weighted by Gasteiger charge is 2.26. The summed E-state index contributed by atoms with van der Waals surface area (Å²) < 4.78 is 0. The number of aromatic nitrogens is 2. The van der Waals surface area contributed by atoms with Crippen molar-refractivity contribution in [2.45, 2.75) is 39.7 Å². The first-order valence-corrected chi connectivity index (χ1v) is 7.43. The minimum atomic E-state index is -0.0275. The third kappa shape index (κ3) is 3.02. The highest BCUT2D eigenvalue weighted by atomic mass is 16.3. The molecular formula is C16H25N3O. The summed E-state index contributed by atoms with van der Waals surface area (Å²) >= 11 is 0. The van der Waals surface area contributed by atoms with Crippen molar-refractivity contribution in [3.63, 3.8) is 0 Å². The van der Waals surface area contributed by atoms with Gasteiger partial charge >= 0.3 is 0 Å². The predicted molar refractivity (Wildman–Crippen MR) is 82.6 cm³/mol. The molecule has 3 N–H and O–H groups in total. The van der Waals surface area contributed by atoms with Crippen LogP contribution in [0.2, 0.25) is 0 Å². The van der Waals surface area contributed by atoms with Gasteiger partial charge in [0, 0.05) is 18.6 Å². The van der Waals surface area contributed by atoms with Gasteiger partial charge in [0.2, 0.25) is 0 Å². The third-order valence-corrected chi connectivity index (χ3v) is 4.44. The number of aliphatic hydroxyl groups is 1. The molecule has 0 aliphatic heterocycles. The summed E-state index contributed by atoms with van der Waals surface area (Å²) in [7, 11) is 0. The quantitative estimate of drug-likeness (QED) is 0.728. The van der Waals surface area contributed by atoms with E-state index in [1.54, 1.807) is 0 Å². The Bertz CT molecular complexity index is 504. The number of hydrogen-bond acceptors (Lipinski definition) is 3. The summed E-state index contributed by atoms with van der Waals surface area (Å²) in [6.07, 6.45) is 1.94. The highest BCUT2D eigenvalue weighted by molar-refractivity contribution is 5.74. The molecular weight excluding hydrogens is 250 g/mol. The van der Waals surface area contributed by atoms with Crippen LogP contribution in [-0.4, -0.2) is 28.2 Å². The van der Waals surface area contributed by atoms with Crippen LogP contribution < -0.4 is 5.32 Å². The number of para-hydroxylation sites is 2. The van der Waals surface area contributed by atoms with E-state index in [0.29, 0.717) is 0 Å². The summed E-state index contributed by atoms with van der Waals surface area (Å²) in [5.74, 6) is 0.949. The average Bonchev–Trinajstić information content (AvgIpc) is 2.93. The summed E-state index contributed by atoms with van der Waals surface area (Å²) in [5, 5.41) is 13.1. The van der Waals surface area contributed by atoms with E-state index in [4.69, 9.17) is 0 Å². The van der Waals surface area contributed by atoms with Gasteiger partial charge in [0.1, 0.15) is 5.82 Å². The number of benzene rings is 1. The largest absolute Gasteiger partial charge is 0.396 e. The maximum absolute atomic E-state index is 9.61. The molecule has 4 heteroatoms. The van der Waals surface area contributed by atoms with Crippen molar-refractivity contribution < 1.29 is 5.11 Å². The Hall–Kier alpha value is -1.39. The lowest BCUT2D eigenvalue weighted by atomic mass is 9.83. The zero-order valence-electron chi connectivity index (χ0n) is 12.6. The van der Waals surface area contributed by atoms with Crippen LogP contribution in [0.3, 0.4) is 0 Å². The Morgan fingerprint density at radius 3 is 2.60 bits per heavy atom. The molecule has 1 unspecified atom stereocenters. The molecule has 2 aromatic rings. The predicted octanol–water partition coefficient (Wildman–Crippen LogP) is 3.01. The maximum atomic E-state index is 9.61. The van der Waals surface area contributed by atoms with Crippen LogP contribution in [-0.2, 0) is 0 Å². The zero-order valence-corrected chi connectivity index (χ0v) is 12.6. The van der Waals surface area contributed by atoms with Crippen molar-refractivity contribution in [2.24, 2.45) is 5.41 Å². The molecule has 0 aliphatic rings. The second-order valence-electron chi connectivity index (χ2n) is 5.61. The fraction of sp³-hybridized carbons (Fsp3) is 0.562. The molecule has 0 saturated heterocycles. The van der Waals surface area contributed by atoms with E-state index >= 15 is 0 Å². The number of imidazole rings is 1. The zero-order chi connectivity index (χ0) is 14.6. The Morgan fingerprint density at radius 2 is 2.00 bits per heavy atom. The Kier molecular flexibility index (Phi) is 4.78. The van der Waals surface area contributed by atoms with E-state index in [1.807, 2.05) is 24.3 Å². The Balaban J connectivity index is 2.06. The van der Waals surface area contributed by atoms with Crippen LogP contribution in [0.4, 0.5) is 0 Å². The first kappa shape index (κ1) is 15.0. The average molecular weight is 275 g/mol. The van der Waals surface area contributed by atoms with Gasteiger partial charge in [-0.1, -0.05) is 26.0 Å². The molecule has 0 radical (unpaired) electrons. The minimum absolute atomic E-state index is 0.0275. The molecule has 0 fully saturated rings. The molecule has 0 bridgehead atoms. The third-order valence-electron chi connectivity index (χ3n) is 4.44. The number of rotatable bonds is 7. The SMILES string of the molecule is CCC(CC)(CO)CNC(C)c1nc2ccccc2[nH]1. The molecule has 4 nitrogen and oxygen atoms in total. The van der Waals surface area contributed by atoms with E-state index in [0.717, 1.165) is 36.2 Å². The lowest BCUT2D eigenvalue weighted by Gasteiger charge is -2.30. The summed E-state index contributed by atoms with van der Waals surface area (Å²) in [5.41, 5.74) is 2.03. The number of nitrogens with one attached hydrogen (secondary N) is 2. The molecule has 20 heavy (non-hydrogen) atoms. The number of aliphatic hydroxyl groups excluding tert-OH is 1. The van der Waals surface area contributed by atoms with Crippen molar-refractivity contribution in [2.75, 3.05) is 13.2 Å². The van der Waals surface area contributed by atoms with Gasteiger partial charge in [0.05, 0.1) is 17.1 Å². The molecule has 1 heterocycles. The Morgan fingerprint density at radius 1 is 1.30 bits per heavy atom. The first-order valence-electron chi connectivity index (χ1n) is 7.43. The second kappa shape index (κ2) is 6.37. The molecule has 0 amide bonds. The number of hydrogen-bond donors (Lipinski definition) is 3. The van der Waals surface area contributed by atoms with Crippen LogP contribution in [0.25, 0.3) is 11.0 Å². The molecule has 1 aromatic heterocycles. The molecule has 0 aliphatic carbocycles. The van der Waals surface area contributed by atoms with Crippen molar-refractivity contribution in [1.29, 1.82) is 0 Å². The van der Waals surface area contributed by atoms with Crippen molar-refractivity contribution in [3.05, 3.63) is 30.1 Å².